The molecule has 0 amide bonds. The van der Waals surface area contributed by atoms with E-state index < -0.39 is 0 Å². The third-order valence-electron chi connectivity index (χ3n) is 2.97. The Bertz CT molecular complexity index is 490. The molecule has 0 aromatic carbocycles. The van der Waals surface area contributed by atoms with Crippen LogP contribution in [0, 0.1) is 0 Å². The van der Waals surface area contributed by atoms with Gasteiger partial charge in [0.1, 0.15) is 0 Å². The minimum atomic E-state index is 0.448. The van der Waals surface area contributed by atoms with Gasteiger partial charge in [-0.1, -0.05) is 6.92 Å². The summed E-state index contributed by atoms with van der Waals surface area (Å²) in [6.45, 7) is 2.88. The number of nitrogens with zero attached hydrogens (tertiary/aromatic N) is 3. The van der Waals surface area contributed by atoms with Crippen LogP contribution >= 0.6 is 0 Å². The van der Waals surface area contributed by atoms with Crippen molar-refractivity contribution in [2.24, 2.45) is 12.8 Å². The normalized spacial score (nSPS) is 12.6. The SMILES string of the molecule is CC(CCN)c1cncc(-c2cnn(C)c2)c1. The van der Waals surface area contributed by atoms with E-state index in [1.807, 2.05) is 31.8 Å². The zero-order valence-corrected chi connectivity index (χ0v) is 10.3. The monoisotopic (exact) mass is 230 g/mol. The van der Waals surface area contributed by atoms with E-state index in [-0.39, 0.29) is 0 Å². The molecule has 0 fully saturated rings. The molecular formula is C13H18N4. The minimum absolute atomic E-state index is 0.448. The number of pyridine rings is 1. The Morgan fingerprint density at radius 2 is 2.12 bits per heavy atom. The third kappa shape index (κ3) is 2.71. The van der Waals surface area contributed by atoms with Crippen molar-refractivity contribution < 1.29 is 0 Å². The third-order valence-corrected chi connectivity index (χ3v) is 2.97. The molecule has 2 aromatic rings. The van der Waals surface area contributed by atoms with E-state index >= 15 is 0 Å². The second kappa shape index (κ2) is 5.10. The average molecular weight is 230 g/mol. The van der Waals surface area contributed by atoms with Gasteiger partial charge in [-0.05, 0) is 30.5 Å². The second-order valence-corrected chi connectivity index (χ2v) is 4.39. The zero-order chi connectivity index (χ0) is 12.3. The Morgan fingerprint density at radius 3 is 2.76 bits per heavy atom. The van der Waals surface area contributed by atoms with E-state index in [1.165, 1.54) is 5.56 Å². The highest BCUT2D eigenvalue weighted by Crippen LogP contribution is 2.23. The molecule has 4 nitrogen and oxygen atoms in total. The van der Waals surface area contributed by atoms with Crippen molar-refractivity contribution in [3.63, 3.8) is 0 Å². The summed E-state index contributed by atoms with van der Waals surface area (Å²) in [5, 5.41) is 4.17. The predicted octanol–water partition coefficient (Wildman–Crippen LogP) is 1.93. The fraction of sp³-hybridized carbons (Fsp3) is 0.385. The summed E-state index contributed by atoms with van der Waals surface area (Å²) >= 11 is 0. The van der Waals surface area contributed by atoms with E-state index in [2.05, 4.69) is 23.1 Å². The van der Waals surface area contributed by atoms with Crippen molar-refractivity contribution >= 4 is 0 Å². The fourth-order valence-electron chi connectivity index (χ4n) is 1.87. The summed E-state index contributed by atoms with van der Waals surface area (Å²) in [5.41, 5.74) is 9.03. The van der Waals surface area contributed by atoms with Gasteiger partial charge in [0.2, 0.25) is 0 Å². The summed E-state index contributed by atoms with van der Waals surface area (Å²) in [6, 6.07) is 2.17. The number of hydrogen-bond acceptors (Lipinski definition) is 3. The highest BCUT2D eigenvalue weighted by Gasteiger charge is 2.07. The molecule has 1 atom stereocenters. The smallest absolute Gasteiger partial charge is 0.0568 e. The molecule has 2 aromatic heterocycles. The van der Waals surface area contributed by atoms with E-state index in [4.69, 9.17) is 5.73 Å². The maximum atomic E-state index is 5.59. The molecule has 4 heteroatoms. The highest BCUT2D eigenvalue weighted by molar-refractivity contribution is 5.61. The van der Waals surface area contributed by atoms with E-state index in [9.17, 15) is 0 Å². The van der Waals surface area contributed by atoms with Crippen LogP contribution in [0.4, 0.5) is 0 Å². The van der Waals surface area contributed by atoms with E-state index in [0.29, 0.717) is 12.5 Å². The van der Waals surface area contributed by atoms with Gasteiger partial charge in [-0.2, -0.15) is 5.10 Å². The average Bonchev–Trinajstić information content (AvgIpc) is 2.76. The number of aromatic nitrogens is 3. The quantitative estimate of drug-likeness (QED) is 0.873. The predicted molar refractivity (Wildman–Crippen MR) is 68.5 cm³/mol. The van der Waals surface area contributed by atoms with Gasteiger partial charge >= 0.3 is 0 Å². The minimum Gasteiger partial charge on any atom is -0.330 e. The Balaban J connectivity index is 2.28. The molecule has 0 aliphatic heterocycles. The number of nitrogens with two attached hydrogens (primary N) is 1. The van der Waals surface area contributed by atoms with Gasteiger partial charge in [0, 0.05) is 36.8 Å². The van der Waals surface area contributed by atoms with Crippen LogP contribution in [0.2, 0.25) is 0 Å². The maximum absolute atomic E-state index is 5.59. The van der Waals surface area contributed by atoms with Crippen molar-refractivity contribution in [2.45, 2.75) is 19.3 Å². The van der Waals surface area contributed by atoms with Gasteiger partial charge in [-0.3, -0.25) is 9.67 Å². The van der Waals surface area contributed by atoms with Gasteiger partial charge in [0.15, 0.2) is 0 Å². The molecule has 0 spiro atoms. The van der Waals surface area contributed by atoms with Crippen LogP contribution in [0.15, 0.2) is 30.9 Å². The lowest BCUT2D eigenvalue weighted by atomic mass is 9.97. The Hall–Kier alpha value is -1.68. The van der Waals surface area contributed by atoms with Crippen molar-refractivity contribution in [3.8, 4) is 11.1 Å². The van der Waals surface area contributed by atoms with E-state index in [0.717, 1.165) is 17.5 Å². The van der Waals surface area contributed by atoms with Crippen LogP contribution in [0.1, 0.15) is 24.8 Å². The van der Waals surface area contributed by atoms with Gasteiger partial charge in [0.25, 0.3) is 0 Å². The van der Waals surface area contributed by atoms with Crippen LogP contribution in [-0.2, 0) is 7.05 Å². The highest BCUT2D eigenvalue weighted by atomic mass is 15.2. The fourth-order valence-corrected chi connectivity index (χ4v) is 1.87. The largest absolute Gasteiger partial charge is 0.330 e. The molecule has 0 aliphatic carbocycles. The molecule has 0 saturated carbocycles. The van der Waals surface area contributed by atoms with E-state index in [1.54, 1.807) is 4.68 Å². The molecule has 0 aliphatic rings. The second-order valence-electron chi connectivity index (χ2n) is 4.39. The van der Waals surface area contributed by atoms with Gasteiger partial charge in [-0.15, -0.1) is 0 Å². The van der Waals surface area contributed by atoms with Crippen LogP contribution in [0.5, 0.6) is 0 Å². The Kier molecular flexibility index (Phi) is 3.54. The molecule has 17 heavy (non-hydrogen) atoms. The lowest BCUT2D eigenvalue weighted by Gasteiger charge is -2.10. The Labute approximate surface area is 101 Å². The van der Waals surface area contributed by atoms with Gasteiger partial charge in [0.05, 0.1) is 6.20 Å². The summed E-state index contributed by atoms with van der Waals surface area (Å²) in [5.74, 6) is 0.448. The summed E-state index contributed by atoms with van der Waals surface area (Å²) in [4.78, 5) is 4.30. The van der Waals surface area contributed by atoms with Crippen molar-refractivity contribution in [2.75, 3.05) is 6.54 Å². The maximum Gasteiger partial charge on any atom is 0.0568 e. The summed E-state index contributed by atoms with van der Waals surface area (Å²) in [6.07, 6.45) is 8.62. The zero-order valence-electron chi connectivity index (χ0n) is 10.3. The summed E-state index contributed by atoms with van der Waals surface area (Å²) in [7, 11) is 1.91. The van der Waals surface area contributed by atoms with Crippen LogP contribution in [0.25, 0.3) is 11.1 Å². The molecule has 2 heterocycles. The molecule has 1 unspecified atom stereocenters. The first kappa shape index (κ1) is 11.8. The number of hydrogen-bond donors (Lipinski definition) is 1. The molecule has 0 radical (unpaired) electrons. The molecule has 0 saturated heterocycles. The Morgan fingerprint density at radius 1 is 1.29 bits per heavy atom. The van der Waals surface area contributed by atoms with Crippen molar-refractivity contribution in [1.82, 2.24) is 14.8 Å². The molecule has 2 rings (SSSR count). The molecular weight excluding hydrogens is 212 g/mol. The van der Waals surface area contributed by atoms with Gasteiger partial charge < -0.3 is 5.73 Å². The standard InChI is InChI=1S/C13H18N4/c1-10(3-4-14)11-5-12(7-15-6-11)13-8-16-17(2)9-13/h5-10H,3-4,14H2,1-2H3. The van der Waals surface area contributed by atoms with Crippen molar-refractivity contribution in [1.29, 1.82) is 0 Å². The first-order valence-corrected chi connectivity index (χ1v) is 5.84. The van der Waals surface area contributed by atoms with Crippen LogP contribution in [0.3, 0.4) is 0 Å². The topological polar surface area (TPSA) is 56.7 Å². The number of rotatable bonds is 4. The lowest BCUT2D eigenvalue weighted by Crippen LogP contribution is -2.04. The first-order chi connectivity index (χ1) is 8.20. The van der Waals surface area contributed by atoms with Crippen LogP contribution in [-0.4, -0.2) is 21.3 Å². The van der Waals surface area contributed by atoms with Gasteiger partial charge in [-0.25, -0.2) is 0 Å². The molecule has 0 bridgehead atoms. The molecule has 90 valence electrons. The molecule has 2 N–H and O–H groups in total. The first-order valence-electron chi connectivity index (χ1n) is 5.84. The summed E-state index contributed by atoms with van der Waals surface area (Å²) < 4.78 is 1.80. The number of aryl methyl sites for hydroxylation is 1. The lowest BCUT2D eigenvalue weighted by molar-refractivity contribution is 0.687. The van der Waals surface area contributed by atoms with Crippen molar-refractivity contribution in [3.05, 3.63) is 36.4 Å². The van der Waals surface area contributed by atoms with Crippen LogP contribution < -0.4 is 5.73 Å².